The van der Waals surface area contributed by atoms with Gasteiger partial charge in [-0.3, -0.25) is 4.90 Å². The molecule has 19 heavy (non-hydrogen) atoms. The molecule has 0 amide bonds. The van der Waals surface area contributed by atoms with Gasteiger partial charge in [-0.05, 0) is 17.3 Å². The van der Waals surface area contributed by atoms with Gasteiger partial charge in [0.2, 0.25) is 0 Å². The van der Waals surface area contributed by atoms with Crippen LogP contribution < -0.4 is 5.32 Å². The Morgan fingerprint density at radius 3 is 2.26 bits per heavy atom. The van der Waals surface area contributed by atoms with E-state index < -0.39 is 0 Å². The van der Waals surface area contributed by atoms with Crippen LogP contribution in [0.1, 0.15) is 54.9 Å². The van der Waals surface area contributed by atoms with Crippen LogP contribution in [0.25, 0.3) is 0 Å². The third kappa shape index (κ3) is 6.09. The van der Waals surface area contributed by atoms with Crippen molar-refractivity contribution in [3.8, 4) is 0 Å². The normalized spacial score (nSPS) is 18.8. The zero-order valence-electron chi connectivity index (χ0n) is 14.1. The first-order valence-electron chi connectivity index (χ1n) is 7.75. The van der Waals surface area contributed by atoms with Crippen LogP contribution in [0.15, 0.2) is 11.6 Å². The molecule has 0 aromatic carbocycles. The zero-order valence-corrected chi connectivity index (χ0v) is 14.1. The lowest BCUT2D eigenvalue weighted by Crippen LogP contribution is -2.43. The molecule has 1 rings (SSSR count). The lowest BCUT2D eigenvalue weighted by molar-refractivity contribution is 0.177. The molecule has 1 heterocycles. The van der Waals surface area contributed by atoms with Crippen molar-refractivity contribution in [3.05, 3.63) is 11.6 Å². The zero-order chi connectivity index (χ0) is 14.7. The van der Waals surface area contributed by atoms with Crippen molar-refractivity contribution in [2.24, 2.45) is 10.8 Å². The van der Waals surface area contributed by atoms with E-state index in [4.69, 9.17) is 0 Å². The fourth-order valence-corrected chi connectivity index (χ4v) is 2.68. The Labute approximate surface area is 120 Å². The topological polar surface area (TPSA) is 15.3 Å². The maximum atomic E-state index is 3.57. The number of nitrogens with zero attached hydrogens (tertiary/aromatic N) is 1. The van der Waals surface area contributed by atoms with Gasteiger partial charge < -0.3 is 5.32 Å². The van der Waals surface area contributed by atoms with Gasteiger partial charge >= 0.3 is 0 Å². The van der Waals surface area contributed by atoms with Crippen molar-refractivity contribution >= 4 is 0 Å². The van der Waals surface area contributed by atoms with Crippen molar-refractivity contribution in [1.82, 2.24) is 10.2 Å². The first-order valence-corrected chi connectivity index (χ1v) is 7.75. The molecule has 2 nitrogen and oxygen atoms in total. The molecular formula is C17H34N2. The molecule has 0 aromatic heterocycles. The van der Waals surface area contributed by atoms with Gasteiger partial charge in [-0.15, -0.1) is 0 Å². The summed E-state index contributed by atoms with van der Waals surface area (Å²) in [6.07, 6.45) is 3.69. The fraction of sp³-hybridized carbons (Fsp3) is 0.882. The largest absolute Gasteiger partial charge is 0.314 e. The molecular weight excluding hydrogens is 232 g/mol. The number of hydrogen-bond acceptors (Lipinski definition) is 2. The predicted octanol–water partition coefficient (Wildman–Crippen LogP) is 3.69. The minimum absolute atomic E-state index is 0.345. The quantitative estimate of drug-likeness (QED) is 0.764. The number of nitrogens with one attached hydrogen (secondary N) is 1. The van der Waals surface area contributed by atoms with Crippen molar-refractivity contribution in [1.29, 1.82) is 0 Å². The highest BCUT2D eigenvalue weighted by atomic mass is 15.1. The molecule has 0 spiro atoms. The molecule has 0 bridgehead atoms. The Balaban J connectivity index is 2.46. The summed E-state index contributed by atoms with van der Waals surface area (Å²) in [6, 6.07) is 0.577. The van der Waals surface area contributed by atoms with Gasteiger partial charge in [-0.1, -0.05) is 60.1 Å². The molecule has 0 aliphatic carbocycles. The van der Waals surface area contributed by atoms with Crippen LogP contribution in [-0.2, 0) is 0 Å². The first-order chi connectivity index (χ1) is 8.60. The standard InChI is InChI=1S/C17H34N2/c1-14(2)18-12-17(6,7)13-19-10-8-15(9-11-19)16(3,4)5/h8,14,18H,9-13H2,1-7H3. The average Bonchev–Trinajstić information content (AvgIpc) is 2.25. The smallest absolute Gasteiger partial charge is 0.0166 e. The van der Waals surface area contributed by atoms with Gasteiger partial charge in [0.15, 0.2) is 0 Å². The number of hydrogen-bond donors (Lipinski definition) is 1. The third-order valence-electron chi connectivity index (χ3n) is 3.90. The van der Waals surface area contributed by atoms with Crippen molar-refractivity contribution in [2.75, 3.05) is 26.2 Å². The van der Waals surface area contributed by atoms with Crippen LogP contribution >= 0.6 is 0 Å². The monoisotopic (exact) mass is 266 g/mol. The summed E-state index contributed by atoms with van der Waals surface area (Å²) in [6.45, 7) is 20.8. The van der Waals surface area contributed by atoms with Crippen molar-refractivity contribution in [2.45, 2.75) is 60.9 Å². The lowest BCUT2D eigenvalue weighted by Gasteiger charge is -2.37. The second-order valence-corrected chi connectivity index (χ2v) is 8.16. The maximum absolute atomic E-state index is 3.57. The average molecular weight is 266 g/mol. The summed E-state index contributed by atoms with van der Waals surface area (Å²) in [7, 11) is 0. The van der Waals surface area contributed by atoms with Crippen molar-refractivity contribution in [3.63, 3.8) is 0 Å². The molecule has 0 saturated carbocycles. The van der Waals surface area contributed by atoms with Gasteiger partial charge in [-0.25, -0.2) is 0 Å². The SMILES string of the molecule is CC(C)NCC(C)(C)CN1CC=C(C(C)(C)C)CC1. The van der Waals surface area contributed by atoms with Crippen LogP contribution in [-0.4, -0.2) is 37.1 Å². The first kappa shape index (κ1) is 16.7. The van der Waals surface area contributed by atoms with E-state index in [2.05, 4.69) is 64.8 Å². The Morgan fingerprint density at radius 1 is 1.21 bits per heavy atom. The predicted molar refractivity (Wildman–Crippen MR) is 85.5 cm³/mol. The highest BCUT2D eigenvalue weighted by Crippen LogP contribution is 2.30. The highest BCUT2D eigenvalue weighted by molar-refractivity contribution is 5.14. The molecule has 112 valence electrons. The molecule has 1 aliphatic rings. The van der Waals surface area contributed by atoms with E-state index in [1.165, 1.54) is 19.5 Å². The second kappa shape index (κ2) is 6.41. The molecule has 1 aliphatic heterocycles. The van der Waals surface area contributed by atoms with Gasteiger partial charge in [0, 0.05) is 32.2 Å². The molecule has 0 aromatic rings. The molecule has 2 heteroatoms. The van der Waals surface area contributed by atoms with Crippen LogP contribution in [0.3, 0.4) is 0 Å². The molecule has 1 N–H and O–H groups in total. The van der Waals surface area contributed by atoms with E-state index in [9.17, 15) is 0 Å². The summed E-state index contributed by atoms with van der Waals surface area (Å²) in [5.74, 6) is 0. The van der Waals surface area contributed by atoms with E-state index in [0.717, 1.165) is 13.1 Å². The molecule has 0 fully saturated rings. The van der Waals surface area contributed by atoms with Gasteiger partial charge in [0.25, 0.3) is 0 Å². The second-order valence-electron chi connectivity index (χ2n) is 8.16. The molecule has 0 radical (unpaired) electrons. The Hall–Kier alpha value is -0.340. The van der Waals surface area contributed by atoms with E-state index >= 15 is 0 Å². The summed E-state index contributed by atoms with van der Waals surface area (Å²) >= 11 is 0. The van der Waals surface area contributed by atoms with Crippen molar-refractivity contribution < 1.29 is 0 Å². The minimum atomic E-state index is 0.345. The molecule has 0 atom stereocenters. The van der Waals surface area contributed by atoms with E-state index in [1.807, 2.05) is 0 Å². The molecule has 0 saturated heterocycles. The lowest BCUT2D eigenvalue weighted by atomic mass is 9.82. The van der Waals surface area contributed by atoms with E-state index in [0.29, 0.717) is 16.9 Å². The van der Waals surface area contributed by atoms with Crippen LogP contribution in [0, 0.1) is 10.8 Å². The van der Waals surface area contributed by atoms with Gasteiger partial charge in [0.1, 0.15) is 0 Å². The third-order valence-corrected chi connectivity index (χ3v) is 3.90. The maximum Gasteiger partial charge on any atom is 0.0166 e. The Kier molecular flexibility index (Phi) is 5.64. The van der Waals surface area contributed by atoms with Crippen LogP contribution in [0.5, 0.6) is 0 Å². The summed E-state index contributed by atoms with van der Waals surface area (Å²) in [5.41, 5.74) is 2.32. The number of rotatable bonds is 5. The van der Waals surface area contributed by atoms with E-state index in [1.54, 1.807) is 5.57 Å². The van der Waals surface area contributed by atoms with E-state index in [-0.39, 0.29) is 0 Å². The fourth-order valence-electron chi connectivity index (χ4n) is 2.68. The Bertz CT molecular complexity index is 308. The highest BCUT2D eigenvalue weighted by Gasteiger charge is 2.25. The minimum Gasteiger partial charge on any atom is -0.314 e. The summed E-state index contributed by atoms with van der Waals surface area (Å²) in [5, 5.41) is 3.57. The summed E-state index contributed by atoms with van der Waals surface area (Å²) in [4.78, 5) is 2.59. The molecule has 0 unspecified atom stereocenters. The van der Waals surface area contributed by atoms with Crippen LogP contribution in [0.2, 0.25) is 0 Å². The van der Waals surface area contributed by atoms with Crippen LogP contribution in [0.4, 0.5) is 0 Å². The Morgan fingerprint density at radius 2 is 1.84 bits per heavy atom. The van der Waals surface area contributed by atoms with Gasteiger partial charge in [0.05, 0.1) is 0 Å². The summed E-state index contributed by atoms with van der Waals surface area (Å²) < 4.78 is 0. The van der Waals surface area contributed by atoms with Gasteiger partial charge in [-0.2, -0.15) is 0 Å².